The number of rotatable bonds is 12. The van der Waals surface area contributed by atoms with Crippen LogP contribution >= 0.6 is 0 Å². The van der Waals surface area contributed by atoms with E-state index in [1.807, 2.05) is 18.2 Å². The normalized spacial score (nSPS) is 17.9. The van der Waals surface area contributed by atoms with Crippen molar-refractivity contribution in [2.45, 2.75) is 31.8 Å². The van der Waals surface area contributed by atoms with E-state index >= 15 is 0 Å². The molecular weight excluding hydrogens is 544 g/mol. The monoisotopic (exact) mass is 586 g/mol. The Hall–Kier alpha value is -4.48. The van der Waals surface area contributed by atoms with Crippen molar-refractivity contribution in [3.63, 3.8) is 0 Å². The summed E-state index contributed by atoms with van der Waals surface area (Å²) in [6, 6.07) is 12.6. The highest BCUT2D eigenvalue weighted by atomic mass is 16.5. The van der Waals surface area contributed by atoms with Gasteiger partial charge in [-0.05, 0) is 24.6 Å². The molecule has 2 aromatic rings. The van der Waals surface area contributed by atoms with Crippen molar-refractivity contribution in [1.82, 2.24) is 31.0 Å². The van der Waals surface area contributed by atoms with Gasteiger partial charge in [-0.3, -0.25) is 25.5 Å². The molecule has 11 heteroatoms. The quantitative estimate of drug-likeness (QED) is 0.237. The van der Waals surface area contributed by atoms with Crippen LogP contribution in [0.15, 0.2) is 78.0 Å². The molecule has 0 saturated carbocycles. The van der Waals surface area contributed by atoms with Gasteiger partial charge in [0.15, 0.2) is 0 Å². The minimum Gasteiger partial charge on any atom is -0.494 e. The number of nitrogens with zero attached hydrogens (tertiary/aromatic N) is 3. The zero-order chi connectivity index (χ0) is 30.3. The lowest BCUT2D eigenvalue weighted by Crippen LogP contribution is -2.56. The van der Waals surface area contributed by atoms with Crippen LogP contribution in [-0.4, -0.2) is 74.2 Å². The number of benzene rings is 1. The fourth-order valence-corrected chi connectivity index (χ4v) is 5.25. The Balaban J connectivity index is 1.33. The number of nitrogens with one attached hydrogen (secondary N) is 4. The van der Waals surface area contributed by atoms with Crippen LogP contribution in [0.2, 0.25) is 0 Å². The maximum absolute atomic E-state index is 12.5. The Bertz CT molecular complexity index is 1440. The molecule has 0 aliphatic carbocycles. The molecule has 3 aliphatic rings. The molecular formula is C32H42N8O3. The second-order valence-corrected chi connectivity index (χ2v) is 10.9. The third-order valence-electron chi connectivity index (χ3n) is 7.81. The zero-order valence-electron chi connectivity index (χ0n) is 25.3. The van der Waals surface area contributed by atoms with E-state index < -0.39 is 0 Å². The van der Waals surface area contributed by atoms with E-state index in [9.17, 15) is 4.79 Å². The summed E-state index contributed by atoms with van der Waals surface area (Å²) in [5, 5.41) is 5.99. The summed E-state index contributed by atoms with van der Waals surface area (Å²) in [6.45, 7) is 6.42. The van der Waals surface area contributed by atoms with Gasteiger partial charge in [-0.25, -0.2) is 0 Å². The number of aromatic nitrogens is 1. The number of likely N-dealkylation sites (tertiary alicyclic amines) is 1. The van der Waals surface area contributed by atoms with Gasteiger partial charge in [0.25, 0.3) is 5.91 Å². The maximum Gasteiger partial charge on any atom is 0.271 e. The molecule has 1 aromatic carbocycles. The molecule has 4 heterocycles. The highest BCUT2D eigenvalue weighted by molar-refractivity contribution is 5.95. The molecule has 5 rings (SSSR count). The van der Waals surface area contributed by atoms with Crippen LogP contribution < -0.4 is 32.0 Å². The number of pyridine rings is 1. The first-order valence-electron chi connectivity index (χ1n) is 14.7. The highest BCUT2D eigenvalue weighted by Crippen LogP contribution is 2.36. The standard InChI is InChI=1S/C32H42N8O3/c1-5-6-9-21(15-39(3)24-17-40(18-24)16-23-10-7-12-26(35-23)22-19-43-20-22)25-11-8-13-27(31(25)42-4)36-28-14-29(33)37-38-30(28)32(41)34-2/h6-15,22,24,36-38H,5,16-20,33H2,1-4H3,(H,34,41)/b9-6-,21-15+. The molecule has 3 aliphatic heterocycles. The molecule has 0 radical (unpaired) electrons. The molecule has 2 saturated heterocycles. The van der Waals surface area contributed by atoms with E-state index in [2.05, 4.69) is 81.8 Å². The summed E-state index contributed by atoms with van der Waals surface area (Å²) < 4.78 is 11.3. The van der Waals surface area contributed by atoms with Crippen LogP contribution in [0, 0.1) is 0 Å². The summed E-state index contributed by atoms with van der Waals surface area (Å²) in [5.41, 5.74) is 17.4. The van der Waals surface area contributed by atoms with Crippen LogP contribution in [0.1, 0.15) is 36.2 Å². The Morgan fingerprint density at radius 3 is 2.72 bits per heavy atom. The molecule has 1 amide bonds. The summed E-state index contributed by atoms with van der Waals surface area (Å²) in [7, 11) is 5.35. The van der Waals surface area contributed by atoms with Gasteiger partial charge in [0.2, 0.25) is 0 Å². The van der Waals surface area contributed by atoms with E-state index in [4.69, 9.17) is 20.2 Å². The van der Waals surface area contributed by atoms with E-state index in [0.717, 1.165) is 61.8 Å². The predicted molar refractivity (Wildman–Crippen MR) is 168 cm³/mol. The Morgan fingerprint density at radius 2 is 2.02 bits per heavy atom. The molecule has 228 valence electrons. The maximum atomic E-state index is 12.5. The second-order valence-electron chi connectivity index (χ2n) is 10.9. The fourth-order valence-electron chi connectivity index (χ4n) is 5.25. The van der Waals surface area contributed by atoms with Crippen molar-refractivity contribution in [2.75, 3.05) is 52.8 Å². The fraction of sp³-hybridized carbons (Fsp3) is 0.375. The van der Waals surface area contributed by atoms with Gasteiger partial charge in [-0.2, -0.15) is 0 Å². The third-order valence-corrected chi connectivity index (χ3v) is 7.81. The molecule has 11 nitrogen and oxygen atoms in total. The Kier molecular flexibility index (Phi) is 9.53. The Labute approximate surface area is 253 Å². The SMILES string of the molecule is CC/C=C\C(=C/N(C)C1CN(Cc2cccc(C3COC3)n2)C1)c1cccc(NC2=C(C(=O)NC)NNC(N)=C2)c1OC. The predicted octanol–water partition coefficient (Wildman–Crippen LogP) is 2.60. The molecule has 0 unspecified atom stereocenters. The lowest BCUT2D eigenvalue weighted by Gasteiger charge is -2.44. The van der Waals surface area contributed by atoms with Crippen molar-refractivity contribution in [3.8, 4) is 5.75 Å². The van der Waals surface area contributed by atoms with Crippen LogP contribution in [0.4, 0.5) is 5.69 Å². The summed E-state index contributed by atoms with van der Waals surface area (Å²) in [6.07, 6.45) is 9.04. The van der Waals surface area contributed by atoms with Crippen molar-refractivity contribution in [1.29, 1.82) is 0 Å². The van der Waals surface area contributed by atoms with Crippen LogP contribution in [0.5, 0.6) is 5.75 Å². The van der Waals surface area contributed by atoms with E-state index in [0.29, 0.717) is 40.6 Å². The molecule has 2 fully saturated rings. The van der Waals surface area contributed by atoms with E-state index in [1.54, 1.807) is 20.2 Å². The molecule has 0 atom stereocenters. The number of anilines is 1. The Morgan fingerprint density at radius 1 is 1.23 bits per heavy atom. The van der Waals surface area contributed by atoms with Gasteiger partial charge in [0.05, 0.1) is 43.4 Å². The average molecular weight is 587 g/mol. The van der Waals surface area contributed by atoms with Crippen molar-refractivity contribution in [2.24, 2.45) is 5.73 Å². The lowest BCUT2D eigenvalue weighted by atomic mass is 10.0. The van der Waals surface area contributed by atoms with Crippen LogP contribution in [-0.2, 0) is 16.1 Å². The number of ether oxygens (including phenoxy) is 2. The van der Waals surface area contributed by atoms with Gasteiger partial charge in [-0.1, -0.05) is 37.3 Å². The number of hydrogen-bond donors (Lipinski definition) is 5. The van der Waals surface area contributed by atoms with Gasteiger partial charge in [0.1, 0.15) is 17.3 Å². The number of allylic oxidation sites excluding steroid dienone is 4. The lowest BCUT2D eigenvalue weighted by molar-refractivity contribution is -0.117. The largest absolute Gasteiger partial charge is 0.494 e. The minimum absolute atomic E-state index is 0.284. The smallest absolute Gasteiger partial charge is 0.271 e. The number of methoxy groups -OCH3 is 1. The van der Waals surface area contributed by atoms with Crippen molar-refractivity contribution < 1.29 is 14.3 Å². The van der Waals surface area contributed by atoms with Gasteiger partial charge >= 0.3 is 0 Å². The van der Waals surface area contributed by atoms with E-state index in [-0.39, 0.29) is 5.91 Å². The van der Waals surface area contributed by atoms with Crippen molar-refractivity contribution >= 4 is 17.2 Å². The van der Waals surface area contributed by atoms with E-state index in [1.165, 1.54) is 0 Å². The number of para-hydroxylation sites is 1. The number of carbonyl (C=O) groups is 1. The van der Waals surface area contributed by atoms with Crippen molar-refractivity contribution in [3.05, 3.63) is 95.0 Å². The van der Waals surface area contributed by atoms with Gasteiger partial charge < -0.3 is 30.7 Å². The van der Waals surface area contributed by atoms with Crippen LogP contribution in [0.25, 0.3) is 5.57 Å². The summed E-state index contributed by atoms with van der Waals surface area (Å²) in [5.74, 6) is 1.19. The van der Waals surface area contributed by atoms with Gasteiger partial charge in [0, 0.05) is 68.8 Å². The number of likely N-dealkylation sites (N-methyl/N-ethyl adjacent to an activating group) is 2. The minimum atomic E-state index is -0.284. The van der Waals surface area contributed by atoms with Gasteiger partial charge in [-0.15, -0.1) is 0 Å². The highest BCUT2D eigenvalue weighted by Gasteiger charge is 2.30. The number of nitrogens with two attached hydrogens (primary N) is 1. The van der Waals surface area contributed by atoms with Crippen LogP contribution in [0.3, 0.4) is 0 Å². The number of amides is 1. The molecule has 0 spiro atoms. The number of hydrazine groups is 1. The molecule has 0 bridgehead atoms. The zero-order valence-corrected chi connectivity index (χ0v) is 25.3. The molecule has 6 N–H and O–H groups in total. The topological polar surface area (TPSA) is 129 Å². The summed E-state index contributed by atoms with van der Waals surface area (Å²) >= 11 is 0. The first-order valence-corrected chi connectivity index (χ1v) is 14.7. The second kappa shape index (κ2) is 13.7. The average Bonchev–Trinajstić information content (AvgIpc) is 2.95. The first-order chi connectivity index (χ1) is 20.9. The molecule has 43 heavy (non-hydrogen) atoms. The number of carbonyl (C=O) groups excluding carboxylic acids is 1. The third kappa shape index (κ3) is 6.95. The molecule has 1 aromatic heterocycles. The summed E-state index contributed by atoms with van der Waals surface area (Å²) in [4.78, 5) is 22.1. The first kappa shape index (κ1) is 30.0. The number of hydrogen-bond acceptors (Lipinski definition) is 10.